The standard InChI is InChI=1S/C13H27N5O3S/c1-4-14-13(15-6-5-7-16-22(3,20)21)18-10-8-17(9-11-18)12(2)19/h16H,4-11H2,1-3H3,(H,14,15). The van der Waals surface area contributed by atoms with Gasteiger partial charge in [-0.15, -0.1) is 0 Å². The Kier molecular flexibility index (Phi) is 7.60. The van der Waals surface area contributed by atoms with Crippen LogP contribution in [0.4, 0.5) is 0 Å². The quantitative estimate of drug-likeness (QED) is 0.371. The topological polar surface area (TPSA) is 94.1 Å². The lowest BCUT2D eigenvalue weighted by molar-refractivity contribution is -0.130. The first-order valence-corrected chi connectivity index (χ1v) is 9.46. The molecular weight excluding hydrogens is 306 g/mol. The van der Waals surface area contributed by atoms with Crippen molar-refractivity contribution in [1.82, 2.24) is 19.8 Å². The lowest BCUT2D eigenvalue weighted by atomic mass is 10.3. The minimum absolute atomic E-state index is 0.105. The molecule has 0 unspecified atom stereocenters. The van der Waals surface area contributed by atoms with Gasteiger partial charge in [0.1, 0.15) is 0 Å². The van der Waals surface area contributed by atoms with Crippen molar-refractivity contribution in [3.63, 3.8) is 0 Å². The number of nitrogens with zero attached hydrogens (tertiary/aromatic N) is 3. The van der Waals surface area contributed by atoms with Gasteiger partial charge in [0.2, 0.25) is 15.9 Å². The molecule has 0 aromatic heterocycles. The fourth-order valence-electron chi connectivity index (χ4n) is 2.18. The van der Waals surface area contributed by atoms with Gasteiger partial charge in [0.25, 0.3) is 0 Å². The predicted molar refractivity (Wildman–Crippen MR) is 87.3 cm³/mol. The minimum Gasteiger partial charge on any atom is -0.357 e. The molecule has 0 atom stereocenters. The molecule has 1 saturated heterocycles. The molecule has 0 aromatic rings. The van der Waals surface area contributed by atoms with Gasteiger partial charge in [-0.05, 0) is 13.3 Å². The molecule has 1 aliphatic rings. The van der Waals surface area contributed by atoms with Gasteiger partial charge in [-0.3, -0.25) is 9.79 Å². The van der Waals surface area contributed by atoms with E-state index >= 15 is 0 Å². The van der Waals surface area contributed by atoms with E-state index in [4.69, 9.17) is 0 Å². The number of piperazine rings is 1. The zero-order chi connectivity index (χ0) is 16.6. The van der Waals surface area contributed by atoms with Crippen molar-refractivity contribution in [2.45, 2.75) is 20.3 Å². The van der Waals surface area contributed by atoms with E-state index in [1.165, 1.54) is 0 Å². The third-order valence-corrected chi connectivity index (χ3v) is 4.05. The molecule has 2 N–H and O–H groups in total. The molecule has 0 spiro atoms. The van der Waals surface area contributed by atoms with Crippen LogP contribution in [0.25, 0.3) is 0 Å². The highest BCUT2D eigenvalue weighted by Gasteiger charge is 2.20. The van der Waals surface area contributed by atoms with Crippen molar-refractivity contribution in [2.75, 3.05) is 52.1 Å². The number of guanidine groups is 1. The molecule has 0 aromatic carbocycles. The van der Waals surface area contributed by atoms with E-state index in [0.29, 0.717) is 32.6 Å². The van der Waals surface area contributed by atoms with Crippen LogP contribution >= 0.6 is 0 Å². The number of carbonyl (C=O) groups excluding carboxylic acids is 1. The van der Waals surface area contributed by atoms with Crippen LogP contribution in [-0.4, -0.2) is 82.2 Å². The minimum atomic E-state index is -3.13. The Bertz CT molecular complexity index is 484. The second kappa shape index (κ2) is 8.94. The SMILES string of the molecule is CCNC(=NCCCNS(C)(=O)=O)N1CCN(C(C)=O)CC1. The first kappa shape index (κ1) is 18.7. The largest absolute Gasteiger partial charge is 0.357 e. The molecule has 0 aliphatic carbocycles. The van der Waals surface area contributed by atoms with E-state index in [2.05, 4.69) is 19.9 Å². The van der Waals surface area contributed by atoms with Gasteiger partial charge in [0, 0.05) is 52.7 Å². The number of amides is 1. The average Bonchev–Trinajstić information content (AvgIpc) is 2.44. The predicted octanol–water partition coefficient (Wildman–Crippen LogP) is -0.945. The Hall–Kier alpha value is -1.35. The first-order chi connectivity index (χ1) is 10.3. The van der Waals surface area contributed by atoms with E-state index in [0.717, 1.165) is 31.8 Å². The first-order valence-electron chi connectivity index (χ1n) is 7.57. The van der Waals surface area contributed by atoms with Crippen LogP contribution in [0.2, 0.25) is 0 Å². The van der Waals surface area contributed by atoms with Crippen molar-refractivity contribution in [3.05, 3.63) is 0 Å². The number of hydrogen-bond acceptors (Lipinski definition) is 4. The summed E-state index contributed by atoms with van der Waals surface area (Å²) < 4.78 is 24.4. The van der Waals surface area contributed by atoms with Crippen LogP contribution in [0.5, 0.6) is 0 Å². The molecule has 1 heterocycles. The van der Waals surface area contributed by atoms with Crippen LogP contribution in [0.3, 0.4) is 0 Å². The Morgan fingerprint density at radius 1 is 1.18 bits per heavy atom. The Labute approximate surface area is 133 Å². The Balaban J connectivity index is 2.44. The molecule has 1 aliphatic heterocycles. The summed E-state index contributed by atoms with van der Waals surface area (Å²) in [6.45, 7) is 8.23. The zero-order valence-electron chi connectivity index (χ0n) is 13.6. The Morgan fingerprint density at radius 3 is 2.27 bits per heavy atom. The lowest BCUT2D eigenvalue weighted by Crippen LogP contribution is -2.53. The highest BCUT2D eigenvalue weighted by Crippen LogP contribution is 2.02. The zero-order valence-corrected chi connectivity index (χ0v) is 14.4. The van der Waals surface area contributed by atoms with E-state index in [1.807, 2.05) is 11.8 Å². The van der Waals surface area contributed by atoms with E-state index in [1.54, 1.807) is 6.92 Å². The molecule has 1 rings (SSSR count). The highest BCUT2D eigenvalue weighted by atomic mass is 32.2. The summed E-state index contributed by atoms with van der Waals surface area (Å²) >= 11 is 0. The van der Waals surface area contributed by atoms with E-state index in [-0.39, 0.29) is 5.91 Å². The molecule has 0 saturated carbocycles. The number of aliphatic imine (C=N–C) groups is 1. The number of sulfonamides is 1. The summed E-state index contributed by atoms with van der Waals surface area (Å²) in [6, 6.07) is 0. The molecule has 8 nitrogen and oxygen atoms in total. The summed E-state index contributed by atoms with van der Waals surface area (Å²) in [6.07, 6.45) is 1.80. The summed E-state index contributed by atoms with van der Waals surface area (Å²) in [5.41, 5.74) is 0. The van der Waals surface area contributed by atoms with Crippen LogP contribution in [-0.2, 0) is 14.8 Å². The van der Waals surface area contributed by atoms with Crippen LogP contribution in [0, 0.1) is 0 Å². The molecule has 1 fully saturated rings. The van der Waals surface area contributed by atoms with E-state index < -0.39 is 10.0 Å². The van der Waals surface area contributed by atoms with Crippen LogP contribution in [0.1, 0.15) is 20.3 Å². The van der Waals surface area contributed by atoms with Gasteiger partial charge in [-0.1, -0.05) is 0 Å². The second-order valence-corrected chi connectivity index (χ2v) is 7.08. The number of carbonyl (C=O) groups is 1. The van der Waals surface area contributed by atoms with Gasteiger partial charge < -0.3 is 15.1 Å². The molecule has 9 heteroatoms. The molecule has 128 valence electrons. The fourth-order valence-corrected chi connectivity index (χ4v) is 2.70. The molecule has 0 radical (unpaired) electrons. The van der Waals surface area contributed by atoms with Crippen molar-refractivity contribution in [2.24, 2.45) is 4.99 Å². The maximum atomic E-state index is 11.3. The summed E-state index contributed by atoms with van der Waals surface area (Å²) in [5.74, 6) is 0.929. The average molecular weight is 333 g/mol. The summed E-state index contributed by atoms with van der Waals surface area (Å²) in [5, 5.41) is 3.24. The van der Waals surface area contributed by atoms with Crippen LogP contribution < -0.4 is 10.0 Å². The van der Waals surface area contributed by atoms with Gasteiger partial charge >= 0.3 is 0 Å². The number of hydrogen-bond donors (Lipinski definition) is 2. The molecular formula is C13H27N5O3S. The molecule has 22 heavy (non-hydrogen) atoms. The maximum Gasteiger partial charge on any atom is 0.219 e. The monoisotopic (exact) mass is 333 g/mol. The molecule has 0 bridgehead atoms. The van der Waals surface area contributed by atoms with Gasteiger partial charge in [0.05, 0.1) is 6.26 Å². The third-order valence-electron chi connectivity index (χ3n) is 3.32. The van der Waals surface area contributed by atoms with Crippen molar-refractivity contribution in [3.8, 4) is 0 Å². The summed E-state index contributed by atoms with van der Waals surface area (Å²) in [4.78, 5) is 19.8. The van der Waals surface area contributed by atoms with Crippen molar-refractivity contribution >= 4 is 21.9 Å². The van der Waals surface area contributed by atoms with Crippen molar-refractivity contribution < 1.29 is 13.2 Å². The van der Waals surface area contributed by atoms with Gasteiger partial charge in [-0.2, -0.15) is 0 Å². The van der Waals surface area contributed by atoms with E-state index in [9.17, 15) is 13.2 Å². The highest BCUT2D eigenvalue weighted by molar-refractivity contribution is 7.88. The lowest BCUT2D eigenvalue weighted by Gasteiger charge is -2.36. The van der Waals surface area contributed by atoms with Crippen LogP contribution in [0.15, 0.2) is 4.99 Å². The summed E-state index contributed by atoms with van der Waals surface area (Å²) in [7, 11) is -3.13. The third kappa shape index (κ3) is 7.08. The smallest absolute Gasteiger partial charge is 0.219 e. The van der Waals surface area contributed by atoms with Gasteiger partial charge in [-0.25, -0.2) is 13.1 Å². The normalized spacial score (nSPS) is 16.8. The maximum absolute atomic E-state index is 11.3. The Morgan fingerprint density at radius 2 is 1.77 bits per heavy atom. The second-order valence-electron chi connectivity index (χ2n) is 5.25. The van der Waals surface area contributed by atoms with Crippen molar-refractivity contribution in [1.29, 1.82) is 0 Å². The number of nitrogens with one attached hydrogen (secondary N) is 2. The molecule has 1 amide bonds. The number of rotatable bonds is 6. The fraction of sp³-hybridized carbons (Fsp3) is 0.846. The van der Waals surface area contributed by atoms with Gasteiger partial charge in [0.15, 0.2) is 5.96 Å².